The Morgan fingerprint density at radius 1 is 1.27 bits per heavy atom. The lowest BCUT2D eigenvalue weighted by Gasteiger charge is -1.88. The molecule has 1 aromatic carbocycles. The number of aromatic nitrogens is 2. The molecular formula is C11H7ClN2O. The highest BCUT2D eigenvalue weighted by Gasteiger charge is 2.07. The lowest BCUT2D eigenvalue weighted by molar-refractivity contribution is 0.626. The summed E-state index contributed by atoms with van der Waals surface area (Å²) in [5.74, 6) is 1.44. The van der Waals surface area contributed by atoms with Gasteiger partial charge in [0, 0.05) is 22.8 Å². The summed E-state index contributed by atoms with van der Waals surface area (Å²) >= 11 is 5.89. The maximum absolute atomic E-state index is 5.89. The average Bonchev–Trinajstić information content (AvgIpc) is 2.84. The average molecular weight is 219 g/mol. The second-order valence-electron chi connectivity index (χ2n) is 3.23. The van der Waals surface area contributed by atoms with Gasteiger partial charge >= 0.3 is 0 Å². The molecule has 3 aromatic rings. The molecule has 0 aliphatic rings. The van der Waals surface area contributed by atoms with Crippen LogP contribution in [-0.4, -0.2) is 9.97 Å². The van der Waals surface area contributed by atoms with Gasteiger partial charge in [-0.15, -0.1) is 0 Å². The molecule has 0 saturated heterocycles. The van der Waals surface area contributed by atoms with Crippen molar-refractivity contribution in [2.45, 2.75) is 0 Å². The fourth-order valence-corrected chi connectivity index (χ4v) is 1.71. The topological polar surface area (TPSA) is 41.8 Å². The van der Waals surface area contributed by atoms with Crippen LogP contribution in [0.25, 0.3) is 22.6 Å². The zero-order valence-electron chi connectivity index (χ0n) is 7.70. The molecule has 2 aromatic heterocycles. The molecule has 0 atom stereocenters. The molecule has 1 N–H and O–H groups in total. The number of halogens is 1. The Morgan fingerprint density at radius 3 is 3.00 bits per heavy atom. The summed E-state index contributed by atoms with van der Waals surface area (Å²) in [5.41, 5.74) is 0.811. The first-order chi connectivity index (χ1) is 7.33. The molecule has 0 saturated carbocycles. The number of hydrogen-bond donors (Lipinski definition) is 1. The third-order valence-electron chi connectivity index (χ3n) is 2.21. The van der Waals surface area contributed by atoms with Gasteiger partial charge in [0.15, 0.2) is 11.6 Å². The highest BCUT2D eigenvalue weighted by molar-refractivity contribution is 6.31. The normalized spacial score (nSPS) is 11.0. The standard InChI is InChI=1S/C11H7ClN2O/c12-8-1-2-9-7(5-8)6-10(15-9)11-13-3-4-14-11/h1-6H,(H,13,14). The highest BCUT2D eigenvalue weighted by atomic mass is 35.5. The number of fused-ring (bicyclic) bond motifs is 1. The Bertz CT molecular complexity index is 598. The molecule has 74 valence electrons. The van der Waals surface area contributed by atoms with Crippen molar-refractivity contribution in [3.63, 3.8) is 0 Å². The van der Waals surface area contributed by atoms with E-state index in [2.05, 4.69) is 9.97 Å². The van der Waals surface area contributed by atoms with Crippen molar-refractivity contribution in [2.24, 2.45) is 0 Å². The van der Waals surface area contributed by atoms with Gasteiger partial charge in [-0.1, -0.05) is 11.6 Å². The Labute approximate surface area is 90.7 Å². The van der Waals surface area contributed by atoms with E-state index in [4.69, 9.17) is 16.0 Å². The maximum atomic E-state index is 5.89. The number of furan rings is 1. The van der Waals surface area contributed by atoms with Gasteiger partial charge in [0.2, 0.25) is 0 Å². The van der Waals surface area contributed by atoms with Crippen molar-refractivity contribution in [2.75, 3.05) is 0 Å². The van der Waals surface area contributed by atoms with Crippen LogP contribution in [0.4, 0.5) is 0 Å². The number of hydrogen-bond acceptors (Lipinski definition) is 2. The molecule has 0 bridgehead atoms. The minimum Gasteiger partial charge on any atom is -0.453 e. The lowest BCUT2D eigenvalue weighted by atomic mass is 10.2. The van der Waals surface area contributed by atoms with E-state index in [1.165, 1.54) is 0 Å². The summed E-state index contributed by atoms with van der Waals surface area (Å²) in [6.07, 6.45) is 3.45. The molecule has 0 fully saturated rings. The van der Waals surface area contributed by atoms with Gasteiger partial charge in [-0.05, 0) is 24.3 Å². The Kier molecular flexibility index (Phi) is 1.79. The molecule has 0 aliphatic carbocycles. The summed E-state index contributed by atoms with van der Waals surface area (Å²) in [7, 11) is 0. The molecule has 0 spiro atoms. The monoisotopic (exact) mass is 218 g/mol. The predicted octanol–water partition coefficient (Wildman–Crippen LogP) is 3.48. The van der Waals surface area contributed by atoms with Gasteiger partial charge in [0.1, 0.15) is 5.58 Å². The second-order valence-corrected chi connectivity index (χ2v) is 3.67. The van der Waals surface area contributed by atoms with Crippen LogP contribution in [0.2, 0.25) is 5.02 Å². The molecular weight excluding hydrogens is 212 g/mol. The van der Waals surface area contributed by atoms with Crippen LogP contribution in [-0.2, 0) is 0 Å². The number of imidazole rings is 1. The third kappa shape index (κ3) is 1.41. The zero-order valence-corrected chi connectivity index (χ0v) is 8.45. The first-order valence-corrected chi connectivity index (χ1v) is 4.89. The van der Waals surface area contributed by atoms with Crippen LogP contribution in [0, 0.1) is 0 Å². The largest absolute Gasteiger partial charge is 0.453 e. The van der Waals surface area contributed by atoms with Gasteiger partial charge in [0.05, 0.1) is 0 Å². The molecule has 15 heavy (non-hydrogen) atoms. The van der Waals surface area contributed by atoms with Crippen LogP contribution >= 0.6 is 11.6 Å². The van der Waals surface area contributed by atoms with Gasteiger partial charge in [-0.2, -0.15) is 0 Å². The number of benzene rings is 1. The van der Waals surface area contributed by atoms with Crippen LogP contribution in [0.5, 0.6) is 0 Å². The molecule has 2 heterocycles. The summed E-state index contributed by atoms with van der Waals surface area (Å²) < 4.78 is 5.62. The van der Waals surface area contributed by atoms with Crippen LogP contribution < -0.4 is 0 Å². The number of nitrogens with zero attached hydrogens (tertiary/aromatic N) is 1. The summed E-state index contributed by atoms with van der Waals surface area (Å²) in [4.78, 5) is 7.11. The molecule has 0 amide bonds. The quantitative estimate of drug-likeness (QED) is 0.680. The highest BCUT2D eigenvalue weighted by Crippen LogP contribution is 2.27. The number of H-pyrrole nitrogens is 1. The second kappa shape index (κ2) is 3.14. The minimum atomic E-state index is 0.703. The summed E-state index contributed by atoms with van der Waals surface area (Å²) in [6, 6.07) is 7.44. The van der Waals surface area contributed by atoms with E-state index in [1.54, 1.807) is 18.5 Å². The number of rotatable bonds is 1. The van der Waals surface area contributed by atoms with Crippen LogP contribution in [0.1, 0.15) is 0 Å². The molecule has 4 heteroatoms. The lowest BCUT2D eigenvalue weighted by Crippen LogP contribution is -1.73. The molecule has 0 unspecified atom stereocenters. The molecule has 0 aliphatic heterocycles. The van der Waals surface area contributed by atoms with E-state index in [0.29, 0.717) is 5.02 Å². The Hall–Kier alpha value is -1.74. The summed E-state index contributed by atoms with van der Waals surface area (Å²) in [6.45, 7) is 0. The first-order valence-electron chi connectivity index (χ1n) is 4.52. The van der Waals surface area contributed by atoms with E-state index >= 15 is 0 Å². The SMILES string of the molecule is Clc1ccc2oc(-c3ncc[nH]3)cc2c1. The predicted molar refractivity (Wildman–Crippen MR) is 58.8 cm³/mol. The van der Waals surface area contributed by atoms with Gasteiger partial charge < -0.3 is 9.40 Å². The van der Waals surface area contributed by atoms with Gasteiger partial charge in [0.25, 0.3) is 0 Å². The Balaban J connectivity index is 2.22. The van der Waals surface area contributed by atoms with Gasteiger partial charge in [-0.25, -0.2) is 4.98 Å². The van der Waals surface area contributed by atoms with E-state index in [1.807, 2.05) is 18.2 Å². The molecule has 0 radical (unpaired) electrons. The van der Waals surface area contributed by atoms with E-state index in [9.17, 15) is 0 Å². The van der Waals surface area contributed by atoms with Crippen molar-refractivity contribution < 1.29 is 4.42 Å². The van der Waals surface area contributed by atoms with Crippen molar-refractivity contribution in [3.8, 4) is 11.6 Å². The Morgan fingerprint density at radius 2 is 2.20 bits per heavy atom. The maximum Gasteiger partial charge on any atom is 0.173 e. The number of nitrogens with one attached hydrogen (secondary N) is 1. The van der Waals surface area contributed by atoms with E-state index < -0.39 is 0 Å². The smallest absolute Gasteiger partial charge is 0.173 e. The van der Waals surface area contributed by atoms with Crippen molar-refractivity contribution in [1.29, 1.82) is 0 Å². The first kappa shape index (κ1) is 8.56. The molecule has 3 rings (SSSR count). The molecule has 3 nitrogen and oxygen atoms in total. The van der Waals surface area contributed by atoms with Crippen molar-refractivity contribution in [1.82, 2.24) is 9.97 Å². The minimum absolute atomic E-state index is 0.703. The van der Waals surface area contributed by atoms with Crippen molar-refractivity contribution in [3.05, 3.63) is 41.7 Å². The van der Waals surface area contributed by atoms with Crippen LogP contribution in [0.15, 0.2) is 41.1 Å². The zero-order chi connectivity index (χ0) is 10.3. The summed E-state index contributed by atoms with van der Waals surface area (Å²) in [5, 5.41) is 1.68. The van der Waals surface area contributed by atoms with E-state index in [0.717, 1.165) is 22.6 Å². The fraction of sp³-hybridized carbons (Fsp3) is 0. The van der Waals surface area contributed by atoms with Crippen molar-refractivity contribution >= 4 is 22.6 Å². The fourth-order valence-electron chi connectivity index (χ4n) is 1.53. The van der Waals surface area contributed by atoms with E-state index in [-0.39, 0.29) is 0 Å². The van der Waals surface area contributed by atoms with Gasteiger partial charge in [-0.3, -0.25) is 0 Å². The third-order valence-corrected chi connectivity index (χ3v) is 2.45. The van der Waals surface area contributed by atoms with Crippen LogP contribution in [0.3, 0.4) is 0 Å². The number of aromatic amines is 1.